The normalized spacial score (nSPS) is 20.7. The van der Waals surface area contributed by atoms with E-state index in [4.69, 9.17) is 9.47 Å². The van der Waals surface area contributed by atoms with Gasteiger partial charge in [-0.1, -0.05) is 38.3 Å². The van der Waals surface area contributed by atoms with Gasteiger partial charge >= 0.3 is 11.9 Å². The molecular weight excluding hydrogens is 304 g/mol. The van der Waals surface area contributed by atoms with Gasteiger partial charge in [-0.3, -0.25) is 9.59 Å². The number of rotatable bonds is 8. The first kappa shape index (κ1) is 19.0. The molecule has 1 atom stereocenters. The van der Waals surface area contributed by atoms with Gasteiger partial charge in [0.1, 0.15) is 5.60 Å². The predicted molar refractivity (Wildman–Crippen MR) is 93.4 cm³/mol. The summed E-state index contributed by atoms with van der Waals surface area (Å²) in [6, 6.07) is 0. The van der Waals surface area contributed by atoms with Crippen LogP contribution in [0.2, 0.25) is 0 Å². The van der Waals surface area contributed by atoms with Gasteiger partial charge in [0.15, 0.2) is 0 Å². The molecule has 0 aliphatic heterocycles. The van der Waals surface area contributed by atoms with Crippen molar-refractivity contribution >= 4 is 11.9 Å². The van der Waals surface area contributed by atoms with Gasteiger partial charge in [0, 0.05) is 0 Å². The second-order valence-electron chi connectivity index (χ2n) is 8.29. The smallest absolute Gasteiger partial charge is 0.314 e. The average molecular weight is 336 g/mol. The third kappa shape index (κ3) is 4.84. The molecule has 2 rings (SSSR count). The number of carbonyl (C=O) groups is 2. The maximum Gasteiger partial charge on any atom is 0.314 e. The minimum Gasteiger partial charge on any atom is -0.465 e. The monoisotopic (exact) mass is 336 g/mol. The molecule has 0 N–H and O–H groups in total. The maximum atomic E-state index is 13.0. The van der Waals surface area contributed by atoms with E-state index in [-0.39, 0.29) is 11.9 Å². The molecule has 0 radical (unpaired) electrons. The standard InChI is InChI=1S/C20H32O4/c1-5-6-13-23-17(21)16(14-15-9-10-15)20(11-7-8-12-20)18(22)24-19(2,3)4/h7-8,15-16H,5-6,9-14H2,1-4H3/t16-/m0/s1. The molecule has 2 aliphatic rings. The zero-order valence-electron chi connectivity index (χ0n) is 15.6. The average Bonchev–Trinajstić information content (AvgIpc) is 3.17. The number of carbonyl (C=O) groups excluding carboxylic acids is 2. The molecule has 0 bridgehead atoms. The number of esters is 2. The number of ether oxygens (including phenoxy) is 2. The Kier molecular flexibility index (Phi) is 6.11. The van der Waals surface area contributed by atoms with Crippen molar-refractivity contribution in [1.29, 1.82) is 0 Å². The van der Waals surface area contributed by atoms with Crippen molar-refractivity contribution in [2.45, 2.75) is 78.2 Å². The van der Waals surface area contributed by atoms with Gasteiger partial charge in [-0.25, -0.2) is 0 Å². The van der Waals surface area contributed by atoms with Crippen LogP contribution in [0.1, 0.15) is 72.6 Å². The lowest BCUT2D eigenvalue weighted by Gasteiger charge is -2.36. The summed E-state index contributed by atoms with van der Waals surface area (Å²) in [6.07, 6.45) is 10.0. The lowest BCUT2D eigenvalue weighted by molar-refractivity contribution is -0.178. The van der Waals surface area contributed by atoms with Crippen LogP contribution in [0.4, 0.5) is 0 Å². The molecule has 0 aromatic heterocycles. The van der Waals surface area contributed by atoms with E-state index in [1.165, 1.54) is 0 Å². The molecule has 2 aliphatic carbocycles. The fraction of sp³-hybridized carbons (Fsp3) is 0.800. The van der Waals surface area contributed by atoms with Crippen molar-refractivity contribution < 1.29 is 19.1 Å². The summed E-state index contributed by atoms with van der Waals surface area (Å²) in [5, 5.41) is 0. The second-order valence-corrected chi connectivity index (χ2v) is 8.29. The summed E-state index contributed by atoms with van der Waals surface area (Å²) in [6.45, 7) is 8.12. The van der Waals surface area contributed by atoms with Gasteiger partial charge < -0.3 is 9.47 Å². The molecule has 24 heavy (non-hydrogen) atoms. The van der Waals surface area contributed by atoms with Gasteiger partial charge in [-0.15, -0.1) is 0 Å². The van der Waals surface area contributed by atoms with Crippen molar-refractivity contribution in [3.63, 3.8) is 0 Å². The van der Waals surface area contributed by atoms with Crippen molar-refractivity contribution in [1.82, 2.24) is 0 Å². The van der Waals surface area contributed by atoms with Gasteiger partial charge in [0.05, 0.1) is 17.9 Å². The van der Waals surface area contributed by atoms with E-state index < -0.39 is 16.9 Å². The zero-order chi connectivity index (χ0) is 17.8. The molecular formula is C20H32O4. The van der Waals surface area contributed by atoms with Gasteiger partial charge in [0.2, 0.25) is 0 Å². The van der Waals surface area contributed by atoms with Crippen LogP contribution in [0, 0.1) is 17.3 Å². The summed E-state index contributed by atoms with van der Waals surface area (Å²) in [5.74, 6) is -0.316. The Morgan fingerprint density at radius 1 is 1.21 bits per heavy atom. The number of hydrogen-bond donors (Lipinski definition) is 0. The van der Waals surface area contributed by atoms with E-state index in [1.54, 1.807) is 0 Å². The Morgan fingerprint density at radius 2 is 1.83 bits per heavy atom. The predicted octanol–water partition coefficient (Wildman–Crippen LogP) is 4.42. The topological polar surface area (TPSA) is 52.6 Å². The van der Waals surface area contributed by atoms with Gasteiger partial charge in [-0.05, 0) is 52.4 Å². The van der Waals surface area contributed by atoms with Gasteiger partial charge in [0.25, 0.3) is 0 Å². The van der Waals surface area contributed by atoms with Crippen molar-refractivity contribution in [3.05, 3.63) is 12.2 Å². The molecule has 0 spiro atoms. The molecule has 0 aromatic rings. The maximum absolute atomic E-state index is 13.0. The Labute approximate surface area is 146 Å². The zero-order valence-corrected chi connectivity index (χ0v) is 15.6. The number of hydrogen-bond acceptors (Lipinski definition) is 4. The Balaban J connectivity index is 2.18. The number of allylic oxidation sites excluding steroid dienone is 2. The van der Waals surface area contributed by atoms with Gasteiger partial charge in [-0.2, -0.15) is 0 Å². The molecule has 0 aromatic carbocycles. The lowest BCUT2D eigenvalue weighted by Crippen LogP contribution is -2.45. The highest BCUT2D eigenvalue weighted by Crippen LogP contribution is 2.49. The first-order valence-corrected chi connectivity index (χ1v) is 9.33. The third-order valence-electron chi connectivity index (χ3n) is 4.90. The highest BCUT2D eigenvalue weighted by atomic mass is 16.6. The molecule has 0 saturated heterocycles. The van der Waals surface area contributed by atoms with Crippen LogP contribution in [-0.2, 0) is 19.1 Å². The van der Waals surface area contributed by atoms with Crippen LogP contribution >= 0.6 is 0 Å². The minimum atomic E-state index is -0.779. The Morgan fingerprint density at radius 3 is 2.33 bits per heavy atom. The number of unbranched alkanes of at least 4 members (excludes halogenated alkanes) is 1. The summed E-state index contributed by atoms with van der Waals surface area (Å²) in [4.78, 5) is 25.8. The Bertz CT molecular complexity index is 474. The van der Waals surface area contributed by atoms with E-state index in [2.05, 4.69) is 6.92 Å². The highest BCUT2D eigenvalue weighted by Gasteiger charge is 2.53. The molecule has 4 nitrogen and oxygen atoms in total. The molecule has 0 unspecified atom stereocenters. The molecule has 0 heterocycles. The van der Waals surface area contributed by atoms with Crippen LogP contribution in [0.25, 0.3) is 0 Å². The van der Waals surface area contributed by atoms with E-state index in [0.717, 1.165) is 32.1 Å². The van der Waals surface area contributed by atoms with E-state index in [0.29, 0.717) is 25.4 Å². The second kappa shape index (κ2) is 7.71. The van der Waals surface area contributed by atoms with Crippen molar-refractivity contribution in [2.24, 2.45) is 17.3 Å². The van der Waals surface area contributed by atoms with Crippen LogP contribution in [0.3, 0.4) is 0 Å². The molecule has 4 heteroatoms. The molecule has 136 valence electrons. The summed E-state index contributed by atoms with van der Waals surface area (Å²) in [7, 11) is 0. The van der Waals surface area contributed by atoms with Crippen LogP contribution in [0.5, 0.6) is 0 Å². The quantitative estimate of drug-likeness (QED) is 0.374. The third-order valence-corrected chi connectivity index (χ3v) is 4.90. The highest BCUT2D eigenvalue weighted by molar-refractivity contribution is 5.86. The van der Waals surface area contributed by atoms with E-state index in [1.807, 2.05) is 32.9 Å². The summed E-state index contributed by atoms with van der Waals surface area (Å²) >= 11 is 0. The van der Waals surface area contributed by atoms with E-state index in [9.17, 15) is 9.59 Å². The fourth-order valence-electron chi connectivity index (χ4n) is 3.30. The molecule has 1 saturated carbocycles. The summed E-state index contributed by atoms with van der Waals surface area (Å²) in [5.41, 5.74) is -1.33. The fourth-order valence-corrected chi connectivity index (χ4v) is 3.30. The first-order valence-electron chi connectivity index (χ1n) is 9.33. The van der Waals surface area contributed by atoms with Crippen LogP contribution < -0.4 is 0 Å². The first-order chi connectivity index (χ1) is 11.3. The SMILES string of the molecule is CCCCOC(=O)[C@H](CC1CC1)C1(C(=O)OC(C)(C)C)CC=CC1. The Hall–Kier alpha value is -1.32. The molecule has 1 fully saturated rings. The minimum absolute atomic E-state index is 0.218. The van der Waals surface area contributed by atoms with Crippen molar-refractivity contribution in [2.75, 3.05) is 6.61 Å². The van der Waals surface area contributed by atoms with Crippen molar-refractivity contribution in [3.8, 4) is 0 Å². The largest absolute Gasteiger partial charge is 0.465 e. The van der Waals surface area contributed by atoms with E-state index >= 15 is 0 Å². The molecule has 0 amide bonds. The lowest BCUT2D eigenvalue weighted by atomic mass is 9.70. The van der Waals surface area contributed by atoms with Crippen LogP contribution in [-0.4, -0.2) is 24.1 Å². The van der Waals surface area contributed by atoms with Crippen LogP contribution in [0.15, 0.2) is 12.2 Å². The summed E-state index contributed by atoms with van der Waals surface area (Å²) < 4.78 is 11.2.